The van der Waals surface area contributed by atoms with Gasteiger partial charge in [-0.3, -0.25) is 4.79 Å². The minimum absolute atomic E-state index is 0.0403. The van der Waals surface area contributed by atoms with E-state index in [9.17, 15) is 9.90 Å². The molecule has 4 rings (SSSR count). The summed E-state index contributed by atoms with van der Waals surface area (Å²) < 4.78 is 0. The Morgan fingerprint density at radius 3 is 2.32 bits per heavy atom. The minimum atomic E-state index is -0.0403. The molecule has 2 N–H and O–H groups in total. The average Bonchev–Trinajstić information content (AvgIpc) is 2.81. The van der Waals surface area contributed by atoms with Crippen LogP contribution in [0.1, 0.15) is 76.0 Å². The van der Waals surface area contributed by atoms with Gasteiger partial charge in [0.1, 0.15) is 5.75 Å². The van der Waals surface area contributed by atoms with Crippen molar-refractivity contribution in [2.24, 2.45) is 23.7 Å². The smallest absolute Gasteiger partial charge is 0.243 e. The molecule has 2 fully saturated rings. The van der Waals surface area contributed by atoms with Crippen molar-refractivity contribution in [3.05, 3.63) is 76.9 Å². The molecule has 1 amide bonds. The fourth-order valence-electron chi connectivity index (χ4n) is 6.18. The summed E-state index contributed by atoms with van der Waals surface area (Å²) in [5.74, 6) is 3.09. The lowest BCUT2D eigenvalue weighted by molar-refractivity contribution is -0.116. The van der Waals surface area contributed by atoms with E-state index < -0.39 is 0 Å². The highest BCUT2D eigenvalue weighted by Crippen LogP contribution is 2.51. The van der Waals surface area contributed by atoms with Crippen LogP contribution in [0, 0.1) is 23.7 Å². The second-order valence-electron chi connectivity index (χ2n) is 10.5. The van der Waals surface area contributed by atoms with E-state index in [-0.39, 0.29) is 5.91 Å². The van der Waals surface area contributed by atoms with Gasteiger partial charge in [0, 0.05) is 12.6 Å². The van der Waals surface area contributed by atoms with Gasteiger partial charge in [-0.25, -0.2) is 0 Å². The zero-order valence-corrected chi connectivity index (χ0v) is 20.9. The van der Waals surface area contributed by atoms with Crippen LogP contribution in [0.2, 0.25) is 0 Å². The predicted molar refractivity (Wildman–Crippen MR) is 141 cm³/mol. The van der Waals surface area contributed by atoms with Crippen molar-refractivity contribution in [3.8, 4) is 5.75 Å². The van der Waals surface area contributed by atoms with Crippen LogP contribution in [-0.4, -0.2) is 17.6 Å². The first-order valence-electron chi connectivity index (χ1n) is 13.0. The quantitative estimate of drug-likeness (QED) is 0.341. The van der Waals surface area contributed by atoms with E-state index in [2.05, 4.69) is 62.5 Å². The normalized spacial score (nSPS) is 25.9. The summed E-state index contributed by atoms with van der Waals surface area (Å²) in [5.41, 5.74) is 6.33. The first-order valence-corrected chi connectivity index (χ1v) is 13.0. The summed E-state index contributed by atoms with van der Waals surface area (Å²) in [6, 6.07) is 16.3. The molecule has 2 bridgehead atoms. The zero-order chi connectivity index (χ0) is 24.1. The molecule has 0 heterocycles. The zero-order valence-electron chi connectivity index (χ0n) is 20.9. The lowest BCUT2D eigenvalue weighted by Crippen LogP contribution is -2.32. The Hall–Kier alpha value is -2.81. The molecule has 2 aromatic rings. The highest BCUT2D eigenvalue weighted by atomic mass is 16.3. The maximum absolute atomic E-state index is 12.0. The number of benzene rings is 2. The second-order valence-corrected chi connectivity index (χ2v) is 10.5. The fourth-order valence-corrected chi connectivity index (χ4v) is 6.18. The Bertz CT molecular complexity index is 1030. The van der Waals surface area contributed by atoms with Crippen LogP contribution < -0.4 is 5.32 Å². The number of phenols is 1. The molecule has 180 valence electrons. The number of fused-ring (bicyclic) bond motifs is 2. The Balaban J connectivity index is 1.66. The Morgan fingerprint density at radius 2 is 1.65 bits per heavy atom. The van der Waals surface area contributed by atoms with Gasteiger partial charge in [0.25, 0.3) is 0 Å². The topological polar surface area (TPSA) is 49.3 Å². The highest BCUT2D eigenvalue weighted by Gasteiger charge is 2.38. The van der Waals surface area contributed by atoms with Gasteiger partial charge in [-0.15, -0.1) is 0 Å². The molecule has 2 saturated carbocycles. The Labute approximate surface area is 205 Å². The van der Waals surface area contributed by atoms with Crippen LogP contribution in [0.15, 0.2) is 60.2 Å². The van der Waals surface area contributed by atoms with Crippen LogP contribution in [0.25, 0.3) is 11.6 Å². The van der Waals surface area contributed by atoms with E-state index in [1.165, 1.54) is 42.4 Å². The number of amides is 1. The van der Waals surface area contributed by atoms with Crippen molar-refractivity contribution in [1.29, 1.82) is 0 Å². The average molecular weight is 458 g/mol. The number of phenolic OH excluding ortho intramolecular Hbond substituents is 1. The summed E-state index contributed by atoms with van der Waals surface area (Å²) in [7, 11) is 0. The molecule has 2 aromatic carbocycles. The van der Waals surface area contributed by atoms with E-state index in [1.807, 2.05) is 6.08 Å². The lowest BCUT2D eigenvalue weighted by Gasteiger charge is -2.44. The molecule has 0 spiro atoms. The standard InChI is InChI=1S/C31H39NO2/c1-4-5-16-32-29(34)15-8-23-6-9-25(10-7-23)31(26-11-13-28(33)14-12-26)30-22(3)19-24-17-21(2)18-27(30)20-24/h6-15,21-22,24,27,33H,4-5,16-20H2,1-3H3,(H,32,34)/b15-8+,31-30+. The molecule has 0 aromatic heterocycles. The third-order valence-corrected chi connectivity index (χ3v) is 7.60. The maximum atomic E-state index is 12.0. The van der Waals surface area contributed by atoms with Gasteiger partial charge in [0.15, 0.2) is 0 Å². The lowest BCUT2D eigenvalue weighted by atomic mass is 9.61. The Morgan fingerprint density at radius 1 is 0.971 bits per heavy atom. The number of allylic oxidation sites excluding steroid dienone is 1. The fraction of sp³-hybridized carbons (Fsp3) is 0.452. The summed E-state index contributed by atoms with van der Waals surface area (Å²) in [6.45, 7) is 7.65. The van der Waals surface area contributed by atoms with E-state index in [0.717, 1.165) is 36.8 Å². The largest absolute Gasteiger partial charge is 0.508 e. The number of rotatable bonds is 7. The van der Waals surface area contributed by atoms with Crippen molar-refractivity contribution in [2.75, 3.05) is 6.54 Å². The molecule has 34 heavy (non-hydrogen) atoms. The predicted octanol–water partition coefficient (Wildman–Crippen LogP) is 7.22. The number of unbranched alkanes of at least 4 members (excludes halogenated alkanes) is 1. The SMILES string of the molecule is CCCCNC(=O)/C=C/c1ccc(/C(=C2/C(C)CC3CC(C)CC2C3)c2ccc(O)cc2)cc1. The summed E-state index contributed by atoms with van der Waals surface area (Å²) in [5, 5.41) is 12.8. The van der Waals surface area contributed by atoms with Gasteiger partial charge in [0.05, 0.1) is 0 Å². The first-order chi connectivity index (χ1) is 16.4. The highest BCUT2D eigenvalue weighted by molar-refractivity contribution is 5.91. The van der Waals surface area contributed by atoms with Gasteiger partial charge < -0.3 is 10.4 Å². The van der Waals surface area contributed by atoms with Gasteiger partial charge in [-0.2, -0.15) is 0 Å². The van der Waals surface area contributed by atoms with E-state index >= 15 is 0 Å². The monoisotopic (exact) mass is 457 g/mol. The molecule has 3 nitrogen and oxygen atoms in total. The molecule has 2 aliphatic rings. The van der Waals surface area contributed by atoms with Crippen LogP contribution in [0.4, 0.5) is 0 Å². The molecule has 4 unspecified atom stereocenters. The summed E-state index contributed by atoms with van der Waals surface area (Å²) in [6.07, 6.45) is 10.8. The number of aromatic hydroxyl groups is 1. The van der Waals surface area contributed by atoms with Crippen LogP contribution in [-0.2, 0) is 4.79 Å². The molecule has 2 aliphatic carbocycles. The second kappa shape index (κ2) is 11.1. The Kier molecular flexibility index (Phi) is 7.92. The van der Waals surface area contributed by atoms with Crippen LogP contribution in [0.3, 0.4) is 0 Å². The molecule has 3 heteroatoms. The molecule has 0 saturated heterocycles. The number of carbonyl (C=O) groups excluding carboxylic acids is 1. The molecular weight excluding hydrogens is 418 g/mol. The number of nitrogens with one attached hydrogen (secondary N) is 1. The van der Waals surface area contributed by atoms with Crippen molar-refractivity contribution in [2.45, 2.75) is 59.3 Å². The molecule has 0 radical (unpaired) electrons. The third-order valence-electron chi connectivity index (χ3n) is 7.60. The van der Waals surface area contributed by atoms with Crippen LogP contribution >= 0.6 is 0 Å². The first kappa shape index (κ1) is 24.3. The third kappa shape index (κ3) is 5.81. The number of carbonyl (C=O) groups is 1. The van der Waals surface area contributed by atoms with Crippen molar-refractivity contribution in [1.82, 2.24) is 5.32 Å². The van der Waals surface area contributed by atoms with E-state index in [4.69, 9.17) is 0 Å². The van der Waals surface area contributed by atoms with Crippen molar-refractivity contribution >= 4 is 17.6 Å². The minimum Gasteiger partial charge on any atom is -0.508 e. The van der Waals surface area contributed by atoms with Crippen LogP contribution in [0.5, 0.6) is 5.75 Å². The van der Waals surface area contributed by atoms with Gasteiger partial charge in [0.2, 0.25) is 5.91 Å². The number of hydrogen-bond donors (Lipinski definition) is 2. The van der Waals surface area contributed by atoms with E-state index in [1.54, 1.807) is 23.8 Å². The van der Waals surface area contributed by atoms with Crippen molar-refractivity contribution in [3.63, 3.8) is 0 Å². The molecular formula is C31H39NO2. The van der Waals surface area contributed by atoms with E-state index in [0.29, 0.717) is 17.6 Å². The van der Waals surface area contributed by atoms with Gasteiger partial charge >= 0.3 is 0 Å². The summed E-state index contributed by atoms with van der Waals surface area (Å²) in [4.78, 5) is 12.0. The molecule has 0 aliphatic heterocycles. The number of hydrogen-bond acceptors (Lipinski definition) is 2. The maximum Gasteiger partial charge on any atom is 0.243 e. The molecule has 4 atom stereocenters. The van der Waals surface area contributed by atoms with Crippen molar-refractivity contribution < 1.29 is 9.90 Å². The van der Waals surface area contributed by atoms with Gasteiger partial charge in [-0.05, 0) is 96.2 Å². The summed E-state index contributed by atoms with van der Waals surface area (Å²) >= 11 is 0. The van der Waals surface area contributed by atoms with Gasteiger partial charge in [-0.1, -0.05) is 69.2 Å².